The van der Waals surface area contributed by atoms with Gasteiger partial charge in [-0.15, -0.1) is 0 Å². The fourth-order valence-electron chi connectivity index (χ4n) is 2.61. The molecular formula is C23H24N2OS. The Morgan fingerprint density at radius 1 is 0.778 bits per heavy atom. The second-order valence-corrected chi connectivity index (χ2v) is 6.88. The second-order valence-electron chi connectivity index (χ2n) is 6.47. The van der Waals surface area contributed by atoms with Crippen molar-refractivity contribution in [1.82, 2.24) is 5.32 Å². The number of thiocarbonyl (C=S) groups is 1. The van der Waals surface area contributed by atoms with E-state index in [1.807, 2.05) is 30.3 Å². The Morgan fingerprint density at radius 2 is 1.37 bits per heavy atom. The summed E-state index contributed by atoms with van der Waals surface area (Å²) in [6, 6.07) is 26.8. The van der Waals surface area contributed by atoms with Crippen molar-refractivity contribution in [3.05, 3.63) is 101 Å². The third-order valence-corrected chi connectivity index (χ3v) is 4.41. The van der Waals surface area contributed by atoms with Crippen LogP contribution in [0.4, 0.5) is 5.69 Å². The number of hydrogen-bond acceptors (Lipinski definition) is 2. The average molecular weight is 377 g/mol. The molecule has 0 spiro atoms. The van der Waals surface area contributed by atoms with E-state index in [0.29, 0.717) is 24.9 Å². The normalized spacial score (nSPS) is 10.4. The number of hydrogen-bond donors (Lipinski definition) is 2. The van der Waals surface area contributed by atoms with E-state index in [1.165, 1.54) is 16.7 Å². The molecule has 0 aromatic heterocycles. The molecule has 2 N–H and O–H groups in total. The summed E-state index contributed by atoms with van der Waals surface area (Å²) < 4.78 is 5.77. The molecule has 3 aromatic rings. The van der Waals surface area contributed by atoms with E-state index in [2.05, 4.69) is 66.1 Å². The fraction of sp³-hybridized carbons (Fsp3) is 0.174. The van der Waals surface area contributed by atoms with Crippen molar-refractivity contribution in [3.63, 3.8) is 0 Å². The topological polar surface area (TPSA) is 33.3 Å². The molecule has 0 aliphatic heterocycles. The van der Waals surface area contributed by atoms with Gasteiger partial charge in [-0.2, -0.15) is 0 Å². The van der Waals surface area contributed by atoms with Crippen molar-refractivity contribution in [2.45, 2.75) is 26.7 Å². The summed E-state index contributed by atoms with van der Waals surface area (Å²) in [5.41, 5.74) is 5.74. The van der Waals surface area contributed by atoms with Crippen LogP contribution in [0.15, 0.2) is 78.9 Å². The first-order valence-electron chi connectivity index (χ1n) is 9.00. The van der Waals surface area contributed by atoms with E-state index in [-0.39, 0.29) is 0 Å². The van der Waals surface area contributed by atoms with Crippen molar-refractivity contribution in [3.8, 4) is 0 Å². The van der Waals surface area contributed by atoms with Crippen LogP contribution in [0.3, 0.4) is 0 Å². The van der Waals surface area contributed by atoms with Crippen molar-refractivity contribution in [2.24, 2.45) is 0 Å². The largest absolute Gasteiger partial charge is 0.372 e. The van der Waals surface area contributed by atoms with Crippen LogP contribution < -0.4 is 10.6 Å². The lowest BCUT2D eigenvalue weighted by molar-refractivity contribution is 0.107. The molecule has 0 radical (unpaired) electrons. The van der Waals surface area contributed by atoms with Crippen LogP contribution in [0.1, 0.15) is 22.3 Å². The van der Waals surface area contributed by atoms with Gasteiger partial charge in [0.05, 0.1) is 13.2 Å². The highest BCUT2D eigenvalue weighted by atomic mass is 32.1. The minimum Gasteiger partial charge on any atom is -0.372 e. The molecule has 0 heterocycles. The monoisotopic (exact) mass is 376 g/mol. The average Bonchev–Trinajstić information content (AvgIpc) is 2.70. The Hall–Kier alpha value is -2.69. The molecule has 0 bridgehead atoms. The molecule has 0 aliphatic carbocycles. The molecule has 0 amide bonds. The quantitative estimate of drug-likeness (QED) is 0.556. The van der Waals surface area contributed by atoms with Crippen LogP contribution in [-0.4, -0.2) is 5.11 Å². The van der Waals surface area contributed by atoms with Gasteiger partial charge in [0.25, 0.3) is 0 Å². The molecule has 3 nitrogen and oxygen atoms in total. The number of nitrogens with one attached hydrogen (secondary N) is 2. The maximum absolute atomic E-state index is 5.77. The molecule has 0 saturated heterocycles. The zero-order valence-electron chi connectivity index (χ0n) is 15.4. The summed E-state index contributed by atoms with van der Waals surface area (Å²) >= 11 is 5.36. The van der Waals surface area contributed by atoms with Gasteiger partial charge >= 0.3 is 0 Å². The van der Waals surface area contributed by atoms with E-state index < -0.39 is 0 Å². The zero-order chi connectivity index (χ0) is 18.9. The van der Waals surface area contributed by atoms with E-state index in [4.69, 9.17) is 17.0 Å². The third-order valence-electron chi connectivity index (χ3n) is 4.17. The molecule has 27 heavy (non-hydrogen) atoms. The number of rotatable bonds is 7. The van der Waals surface area contributed by atoms with Gasteiger partial charge < -0.3 is 15.4 Å². The van der Waals surface area contributed by atoms with Crippen molar-refractivity contribution >= 4 is 23.0 Å². The fourth-order valence-corrected chi connectivity index (χ4v) is 2.80. The predicted octanol–water partition coefficient (Wildman–Crippen LogP) is 5.20. The Bertz CT molecular complexity index is 846. The van der Waals surface area contributed by atoms with Crippen molar-refractivity contribution in [1.29, 1.82) is 0 Å². The van der Waals surface area contributed by atoms with E-state index in [0.717, 1.165) is 11.3 Å². The lowest BCUT2D eigenvalue weighted by Gasteiger charge is -2.11. The standard InChI is InChI=1S/C23H24N2OS/c1-18-7-13-22(14-8-18)25-23(27)24-15-19-9-11-21(12-10-19)17-26-16-20-5-3-2-4-6-20/h2-14H,15-17H2,1H3,(H2,24,25,27). The molecule has 0 saturated carbocycles. The first-order valence-corrected chi connectivity index (χ1v) is 9.41. The Morgan fingerprint density at radius 3 is 2.04 bits per heavy atom. The highest BCUT2D eigenvalue weighted by Gasteiger charge is 2.00. The smallest absolute Gasteiger partial charge is 0.171 e. The summed E-state index contributed by atoms with van der Waals surface area (Å²) in [5.74, 6) is 0. The minimum absolute atomic E-state index is 0.607. The number of aryl methyl sites for hydroxylation is 1. The summed E-state index contributed by atoms with van der Waals surface area (Å²) in [7, 11) is 0. The molecule has 0 unspecified atom stereocenters. The maximum Gasteiger partial charge on any atom is 0.171 e. The Balaban J connectivity index is 1.40. The van der Waals surface area contributed by atoms with Crippen molar-refractivity contribution < 1.29 is 4.74 Å². The minimum atomic E-state index is 0.607. The summed E-state index contributed by atoms with van der Waals surface area (Å²) in [6.45, 7) is 3.98. The third kappa shape index (κ3) is 6.51. The highest BCUT2D eigenvalue weighted by Crippen LogP contribution is 2.10. The van der Waals surface area contributed by atoms with Crippen LogP contribution in [0.2, 0.25) is 0 Å². The van der Waals surface area contributed by atoms with E-state index in [1.54, 1.807) is 0 Å². The van der Waals surface area contributed by atoms with Gasteiger partial charge in [-0.25, -0.2) is 0 Å². The second kappa shape index (κ2) is 9.86. The maximum atomic E-state index is 5.77. The van der Waals surface area contributed by atoms with Gasteiger partial charge in [-0.05, 0) is 48.0 Å². The van der Waals surface area contributed by atoms with Crippen LogP contribution in [0.5, 0.6) is 0 Å². The molecule has 0 atom stereocenters. The summed E-state index contributed by atoms with van der Waals surface area (Å²) in [5, 5.41) is 7.05. The Kier molecular flexibility index (Phi) is 6.97. The molecule has 3 rings (SSSR count). The lowest BCUT2D eigenvalue weighted by atomic mass is 10.1. The number of ether oxygens (including phenoxy) is 1. The molecule has 0 fully saturated rings. The van der Waals surface area contributed by atoms with E-state index >= 15 is 0 Å². The first-order chi connectivity index (χ1) is 13.2. The van der Waals surface area contributed by atoms with Crippen LogP contribution >= 0.6 is 12.2 Å². The lowest BCUT2D eigenvalue weighted by Crippen LogP contribution is -2.27. The van der Waals surface area contributed by atoms with Crippen LogP contribution in [0.25, 0.3) is 0 Å². The van der Waals surface area contributed by atoms with Crippen LogP contribution in [0, 0.1) is 6.92 Å². The van der Waals surface area contributed by atoms with Gasteiger partial charge in [0.1, 0.15) is 0 Å². The molecule has 3 aromatic carbocycles. The molecule has 4 heteroatoms. The SMILES string of the molecule is Cc1ccc(NC(=S)NCc2ccc(COCc3ccccc3)cc2)cc1. The number of benzene rings is 3. The van der Waals surface area contributed by atoms with Gasteiger partial charge in [-0.3, -0.25) is 0 Å². The zero-order valence-corrected chi connectivity index (χ0v) is 16.3. The molecular weight excluding hydrogens is 352 g/mol. The predicted molar refractivity (Wildman–Crippen MR) is 116 cm³/mol. The van der Waals surface area contributed by atoms with Gasteiger partial charge in [0.15, 0.2) is 5.11 Å². The van der Waals surface area contributed by atoms with E-state index in [9.17, 15) is 0 Å². The Labute approximate surface area is 166 Å². The molecule has 0 aliphatic rings. The van der Waals surface area contributed by atoms with Gasteiger partial charge in [0.2, 0.25) is 0 Å². The summed E-state index contributed by atoms with van der Waals surface area (Å²) in [4.78, 5) is 0. The van der Waals surface area contributed by atoms with Gasteiger partial charge in [-0.1, -0.05) is 72.3 Å². The van der Waals surface area contributed by atoms with Gasteiger partial charge in [0, 0.05) is 12.2 Å². The number of anilines is 1. The van der Waals surface area contributed by atoms with Crippen LogP contribution in [-0.2, 0) is 24.5 Å². The first kappa shape index (κ1) is 19.1. The summed E-state index contributed by atoms with van der Waals surface area (Å²) in [6.07, 6.45) is 0. The van der Waals surface area contributed by atoms with Crippen molar-refractivity contribution in [2.75, 3.05) is 5.32 Å². The molecule has 138 valence electrons. The highest BCUT2D eigenvalue weighted by molar-refractivity contribution is 7.80.